The summed E-state index contributed by atoms with van der Waals surface area (Å²) in [5.74, 6) is -0.0223. The number of allylic oxidation sites excluding steroid dienone is 2. The number of fused-ring (bicyclic) bond motifs is 2. The van der Waals surface area contributed by atoms with Crippen molar-refractivity contribution in [2.75, 3.05) is 0 Å². The van der Waals surface area contributed by atoms with Gasteiger partial charge in [-0.05, 0) is 36.4 Å². The van der Waals surface area contributed by atoms with Gasteiger partial charge in [0.05, 0.1) is 0 Å². The van der Waals surface area contributed by atoms with E-state index in [1.54, 1.807) is 12.2 Å². The molecule has 0 aliphatic rings. The number of nitrogens with zero attached hydrogens (tertiary/aromatic N) is 2. The maximum Gasteiger partial charge on any atom is 0.178 e. The first kappa shape index (κ1) is 16.2. The van der Waals surface area contributed by atoms with Crippen molar-refractivity contribution in [1.82, 2.24) is 9.13 Å². The van der Waals surface area contributed by atoms with Gasteiger partial charge in [-0.2, -0.15) is 0 Å². The fourth-order valence-electron chi connectivity index (χ4n) is 3.41. The van der Waals surface area contributed by atoms with Gasteiger partial charge in [-0.25, -0.2) is 0 Å². The summed E-state index contributed by atoms with van der Waals surface area (Å²) in [6.07, 6.45) is 11.1. The molecule has 0 radical (unpaired) electrons. The lowest BCUT2D eigenvalue weighted by Gasteiger charge is -1.93. The monoisotopic (exact) mass is 340 g/mol. The van der Waals surface area contributed by atoms with Crippen LogP contribution in [0.1, 0.15) is 11.1 Å². The molecular formula is C23H20N2O. The van der Waals surface area contributed by atoms with E-state index in [9.17, 15) is 4.79 Å². The second kappa shape index (κ2) is 6.52. The molecule has 0 fully saturated rings. The predicted octanol–water partition coefficient (Wildman–Crippen LogP) is 4.97. The Morgan fingerprint density at radius 3 is 1.62 bits per heavy atom. The Hall–Kier alpha value is -3.33. The van der Waals surface area contributed by atoms with Gasteiger partial charge in [0.25, 0.3) is 0 Å². The number of rotatable bonds is 4. The molecule has 0 saturated carbocycles. The molecular weight excluding hydrogens is 320 g/mol. The molecule has 3 heteroatoms. The lowest BCUT2D eigenvalue weighted by Crippen LogP contribution is -1.84. The summed E-state index contributed by atoms with van der Waals surface area (Å²) in [6, 6.07) is 16.4. The van der Waals surface area contributed by atoms with Crippen molar-refractivity contribution in [2.24, 2.45) is 14.1 Å². The number of para-hydroxylation sites is 2. The van der Waals surface area contributed by atoms with Crippen LogP contribution in [0.25, 0.3) is 34.0 Å². The molecule has 4 aromatic rings. The molecule has 0 aliphatic carbocycles. The number of ketones is 1. The number of carbonyl (C=O) groups is 1. The molecule has 4 rings (SSSR count). The highest BCUT2D eigenvalue weighted by Crippen LogP contribution is 2.22. The van der Waals surface area contributed by atoms with Crippen molar-refractivity contribution in [2.45, 2.75) is 0 Å². The van der Waals surface area contributed by atoms with Gasteiger partial charge >= 0.3 is 0 Å². The molecule has 2 aromatic carbocycles. The van der Waals surface area contributed by atoms with Crippen LogP contribution in [0.15, 0.2) is 73.1 Å². The van der Waals surface area contributed by atoms with E-state index < -0.39 is 0 Å². The summed E-state index contributed by atoms with van der Waals surface area (Å²) in [5, 5.41) is 2.30. The number of aromatic nitrogens is 2. The number of carbonyl (C=O) groups excluding carboxylic acids is 1. The van der Waals surface area contributed by atoms with Crippen LogP contribution >= 0.6 is 0 Å². The first-order chi connectivity index (χ1) is 12.6. The number of hydrogen-bond donors (Lipinski definition) is 0. The number of aryl methyl sites for hydroxylation is 2. The first-order valence-electron chi connectivity index (χ1n) is 8.62. The zero-order chi connectivity index (χ0) is 18.1. The maximum atomic E-state index is 12.3. The smallest absolute Gasteiger partial charge is 0.178 e. The van der Waals surface area contributed by atoms with Gasteiger partial charge in [0.1, 0.15) is 0 Å². The van der Waals surface area contributed by atoms with Crippen LogP contribution in [0.4, 0.5) is 0 Å². The van der Waals surface area contributed by atoms with E-state index in [-0.39, 0.29) is 5.78 Å². The van der Waals surface area contributed by atoms with Gasteiger partial charge in [0, 0.05) is 59.4 Å². The van der Waals surface area contributed by atoms with Crippen molar-refractivity contribution in [1.29, 1.82) is 0 Å². The van der Waals surface area contributed by atoms with E-state index in [4.69, 9.17) is 0 Å². The van der Waals surface area contributed by atoms with Crippen LogP contribution in [-0.4, -0.2) is 14.9 Å². The highest BCUT2D eigenvalue weighted by molar-refractivity contribution is 6.06. The van der Waals surface area contributed by atoms with Gasteiger partial charge < -0.3 is 9.13 Å². The molecule has 0 aliphatic heterocycles. The molecule has 0 spiro atoms. The van der Waals surface area contributed by atoms with Crippen molar-refractivity contribution in [3.63, 3.8) is 0 Å². The molecule has 0 unspecified atom stereocenters. The lowest BCUT2D eigenvalue weighted by molar-refractivity contribution is -0.110. The normalized spacial score (nSPS) is 12.1. The summed E-state index contributed by atoms with van der Waals surface area (Å²) in [7, 11) is 4.03. The third-order valence-corrected chi connectivity index (χ3v) is 4.71. The molecule has 0 saturated heterocycles. The molecule has 0 bridgehead atoms. The summed E-state index contributed by atoms with van der Waals surface area (Å²) in [6.45, 7) is 0. The van der Waals surface area contributed by atoms with Crippen molar-refractivity contribution in [3.05, 3.63) is 84.2 Å². The van der Waals surface area contributed by atoms with E-state index in [1.165, 1.54) is 0 Å². The van der Waals surface area contributed by atoms with Crippen LogP contribution in [0, 0.1) is 0 Å². The predicted molar refractivity (Wildman–Crippen MR) is 109 cm³/mol. The van der Waals surface area contributed by atoms with Gasteiger partial charge in [-0.1, -0.05) is 36.4 Å². The standard InChI is InChI=1S/C23H20N2O/c1-24-15-17(20-7-3-5-9-22(20)24)11-13-19(26)14-12-18-16-25(2)23-10-6-4-8-21(18)23/h3-16H,1-2H3. The van der Waals surface area contributed by atoms with E-state index in [0.717, 1.165) is 32.9 Å². The molecule has 2 aromatic heterocycles. The van der Waals surface area contributed by atoms with Crippen LogP contribution in [0.2, 0.25) is 0 Å². The Balaban J connectivity index is 1.58. The molecule has 128 valence electrons. The minimum absolute atomic E-state index is 0.0223. The third-order valence-electron chi connectivity index (χ3n) is 4.71. The summed E-state index contributed by atoms with van der Waals surface area (Å²) in [5.41, 5.74) is 4.42. The molecule has 0 amide bonds. The van der Waals surface area contributed by atoms with E-state index >= 15 is 0 Å². The van der Waals surface area contributed by atoms with Crippen LogP contribution in [0.3, 0.4) is 0 Å². The zero-order valence-electron chi connectivity index (χ0n) is 14.9. The van der Waals surface area contributed by atoms with Crippen LogP contribution in [0.5, 0.6) is 0 Å². The first-order valence-corrected chi connectivity index (χ1v) is 8.62. The third kappa shape index (κ3) is 2.88. The van der Waals surface area contributed by atoms with Crippen LogP contribution in [-0.2, 0) is 18.9 Å². The fraction of sp³-hybridized carbons (Fsp3) is 0.0870. The van der Waals surface area contributed by atoms with E-state index in [2.05, 4.69) is 33.4 Å². The van der Waals surface area contributed by atoms with Gasteiger partial charge in [0.2, 0.25) is 0 Å². The molecule has 3 nitrogen and oxygen atoms in total. The number of hydrogen-bond acceptors (Lipinski definition) is 1. The van der Waals surface area contributed by atoms with E-state index in [0.29, 0.717) is 0 Å². The second-order valence-corrected chi connectivity index (χ2v) is 6.49. The average molecular weight is 340 g/mol. The Morgan fingerprint density at radius 2 is 1.15 bits per heavy atom. The Bertz CT molecular complexity index is 1080. The SMILES string of the molecule is Cn1cc(C=CC(=O)C=Cc2cn(C)c3ccccc23)c2ccccc21. The summed E-state index contributed by atoms with van der Waals surface area (Å²) >= 11 is 0. The highest BCUT2D eigenvalue weighted by Gasteiger charge is 2.04. The van der Waals surface area contributed by atoms with Crippen molar-refractivity contribution >= 4 is 39.7 Å². The minimum Gasteiger partial charge on any atom is -0.350 e. The van der Waals surface area contributed by atoms with Crippen LogP contribution < -0.4 is 0 Å². The Labute approximate surface area is 152 Å². The Morgan fingerprint density at radius 1 is 0.731 bits per heavy atom. The lowest BCUT2D eigenvalue weighted by atomic mass is 10.1. The van der Waals surface area contributed by atoms with E-state index in [1.807, 2.05) is 62.9 Å². The summed E-state index contributed by atoms with van der Waals surface area (Å²) in [4.78, 5) is 12.3. The van der Waals surface area contributed by atoms with Gasteiger partial charge in [-0.3, -0.25) is 4.79 Å². The largest absolute Gasteiger partial charge is 0.350 e. The summed E-state index contributed by atoms with van der Waals surface area (Å²) < 4.78 is 4.15. The molecule has 0 N–H and O–H groups in total. The minimum atomic E-state index is -0.0223. The highest BCUT2D eigenvalue weighted by atomic mass is 16.1. The average Bonchev–Trinajstić information content (AvgIpc) is 3.16. The second-order valence-electron chi connectivity index (χ2n) is 6.49. The van der Waals surface area contributed by atoms with Gasteiger partial charge in [0.15, 0.2) is 5.78 Å². The van der Waals surface area contributed by atoms with Gasteiger partial charge in [-0.15, -0.1) is 0 Å². The fourth-order valence-corrected chi connectivity index (χ4v) is 3.41. The topological polar surface area (TPSA) is 26.9 Å². The number of benzene rings is 2. The molecule has 0 atom stereocenters. The molecule has 2 heterocycles. The Kier molecular flexibility index (Phi) is 4.05. The van der Waals surface area contributed by atoms with Crippen molar-refractivity contribution in [3.8, 4) is 0 Å². The zero-order valence-corrected chi connectivity index (χ0v) is 14.9. The molecule has 26 heavy (non-hydrogen) atoms. The maximum absolute atomic E-state index is 12.3. The van der Waals surface area contributed by atoms with Crippen molar-refractivity contribution < 1.29 is 4.79 Å². The quantitative estimate of drug-likeness (QED) is 0.482.